The highest BCUT2D eigenvalue weighted by Crippen LogP contribution is 2.28. The Morgan fingerprint density at radius 1 is 0.958 bits per heavy atom. The van der Waals surface area contributed by atoms with Crippen molar-refractivity contribution in [2.45, 2.75) is 6.92 Å². The zero-order valence-corrected chi connectivity index (χ0v) is 13.8. The molecule has 1 amide bonds. The molecule has 0 unspecified atom stereocenters. The van der Waals surface area contributed by atoms with E-state index in [0.29, 0.717) is 28.5 Å². The lowest BCUT2D eigenvalue weighted by molar-refractivity contribution is -0.118. The molecule has 126 valence electrons. The van der Waals surface area contributed by atoms with Crippen molar-refractivity contribution in [3.05, 3.63) is 48.0 Å². The van der Waals surface area contributed by atoms with Crippen LogP contribution in [0.1, 0.15) is 17.3 Å². The second-order valence-electron chi connectivity index (χ2n) is 4.99. The predicted molar refractivity (Wildman–Crippen MR) is 90.1 cm³/mol. The lowest BCUT2D eigenvalue weighted by Gasteiger charge is -2.12. The number of anilines is 1. The first-order chi connectivity index (χ1) is 11.5. The average Bonchev–Trinajstić information content (AvgIpc) is 2.60. The number of ether oxygens (including phenoxy) is 3. The number of ketones is 1. The second kappa shape index (κ2) is 8.01. The summed E-state index contributed by atoms with van der Waals surface area (Å²) in [5, 5.41) is 2.72. The van der Waals surface area contributed by atoms with E-state index in [9.17, 15) is 9.59 Å². The molecule has 0 aromatic heterocycles. The topological polar surface area (TPSA) is 73.9 Å². The van der Waals surface area contributed by atoms with E-state index < -0.39 is 0 Å². The average molecular weight is 329 g/mol. The predicted octanol–water partition coefficient (Wildman–Crippen LogP) is 2.92. The van der Waals surface area contributed by atoms with Gasteiger partial charge in [-0.1, -0.05) is 0 Å². The number of methoxy groups -OCH3 is 2. The number of rotatable bonds is 7. The van der Waals surface area contributed by atoms with E-state index in [1.54, 1.807) is 49.6 Å². The van der Waals surface area contributed by atoms with Gasteiger partial charge >= 0.3 is 0 Å². The van der Waals surface area contributed by atoms with Crippen LogP contribution in [0.25, 0.3) is 0 Å². The minimum Gasteiger partial charge on any atom is -0.497 e. The normalized spacial score (nSPS) is 9.96. The van der Waals surface area contributed by atoms with Gasteiger partial charge in [0, 0.05) is 11.3 Å². The van der Waals surface area contributed by atoms with Crippen molar-refractivity contribution >= 4 is 17.4 Å². The molecule has 1 N–H and O–H groups in total. The molecule has 0 aliphatic carbocycles. The van der Waals surface area contributed by atoms with Gasteiger partial charge < -0.3 is 19.5 Å². The van der Waals surface area contributed by atoms with Crippen molar-refractivity contribution < 1.29 is 23.8 Å². The monoisotopic (exact) mass is 329 g/mol. The minimum atomic E-state index is -0.308. The molecule has 2 aromatic carbocycles. The number of carbonyl (C=O) groups excluding carboxylic acids is 2. The SMILES string of the molecule is COc1ccc(NC(=O)COc2ccc(C(C)=O)cc2OC)cc1. The van der Waals surface area contributed by atoms with Crippen molar-refractivity contribution in [1.82, 2.24) is 0 Å². The van der Waals surface area contributed by atoms with Crippen LogP contribution in [0, 0.1) is 0 Å². The van der Waals surface area contributed by atoms with Crippen molar-refractivity contribution in [1.29, 1.82) is 0 Å². The molecular weight excluding hydrogens is 310 g/mol. The Kier molecular flexibility index (Phi) is 5.78. The molecular formula is C18H19NO5. The third kappa shape index (κ3) is 4.49. The summed E-state index contributed by atoms with van der Waals surface area (Å²) in [5.74, 6) is 1.13. The maximum Gasteiger partial charge on any atom is 0.262 e. The zero-order valence-electron chi connectivity index (χ0n) is 13.8. The third-order valence-electron chi connectivity index (χ3n) is 3.30. The van der Waals surface area contributed by atoms with Crippen molar-refractivity contribution in [2.75, 3.05) is 26.1 Å². The molecule has 6 heteroatoms. The Bertz CT molecular complexity index is 725. The highest BCUT2D eigenvalue weighted by Gasteiger charge is 2.10. The van der Waals surface area contributed by atoms with Gasteiger partial charge in [0.05, 0.1) is 14.2 Å². The number of hydrogen-bond donors (Lipinski definition) is 1. The van der Waals surface area contributed by atoms with Crippen LogP contribution in [-0.2, 0) is 4.79 Å². The van der Waals surface area contributed by atoms with Gasteiger partial charge in [-0.15, -0.1) is 0 Å². The van der Waals surface area contributed by atoms with Crippen LogP contribution in [0.2, 0.25) is 0 Å². The lowest BCUT2D eigenvalue weighted by Crippen LogP contribution is -2.20. The van der Waals surface area contributed by atoms with Crippen LogP contribution in [-0.4, -0.2) is 32.5 Å². The minimum absolute atomic E-state index is 0.0721. The Hall–Kier alpha value is -3.02. The molecule has 0 aliphatic heterocycles. The molecule has 6 nitrogen and oxygen atoms in total. The first kappa shape index (κ1) is 17.3. The van der Waals surface area contributed by atoms with Crippen molar-refractivity contribution in [3.63, 3.8) is 0 Å². The Morgan fingerprint density at radius 3 is 2.25 bits per heavy atom. The van der Waals surface area contributed by atoms with E-state index in [1.807, 2.05) is 0 Å². The summed E-state index contributed by atoms with van der Waals surface area (Å²) in [6.07, 6.45) is 0. The summed E-state index contributed by atoms with van der Waals surface area (Å²) >= 11 is 0. The summed E-state index contributed by atoms with van der Waals surface area (Å²) < 4.78 is 15.7. The van der Waals surface area contributed by atoms with E-state index in [0.717, 1.165) is 0 Å². The Balaban J connectivity index is 1.96. The summed E-state index contributed by atoms with van der Waals surface area (Å²) in [5.41, 5.74) is 1.16. The van der Waals surface area contributed by atoms with Crippen LogP contribution < -0.4 is 19.5 Å². The molecule has 0 saturated carbocycles. The number of Topliss-reactive ketones (excluding diaryl/α,β-unsaturated/α-hetero) is 1. The van der Waals surface area contributed by atoms with Gasteiger partial charge in [-0.3, -0.25) is 9.59 Å². The molecule has 0 fully saturated rings. The lowest BCUT2D eigenvalue weighted by atomic mass is 10.1. The van der Waals surface area contributed by atoms with Gasteiger partial charge in [0.25, 0.3) is 5.91 Å². The number of nitrogens with one attached hydrogen (secondary N) is 1. The number of carbonyl (C=O) groups is 2. The molecule has 0 heterocycles. The van der Waals surface area contributed by atoms with Gasteiger partial charge in [-0.25, -0.2) is 0 Å². The maximum atomic E-state index is 12.0. The van der Waals surface area contributed by atoms with E-state index in [-0.39, 0.29) is 18.3 Å². The zero-order chi connectivity index (χ0) is 17.5. The third-order valence-corrected chi connectivity index (χ3v) is 3.30. The van der Waals surface area contributed by atoms with Crippen LogP contribution in [0.15, 0.2) is 42.5 Å². The Morgan fingerprint density at radius 2 is 1.67 bits per heavy atom. The van der Waals surface area contributed by atoms with E-state index in [1.165, 1.54) is 14.0 Å². The van der Waals surface area contributed by atoms with E-state index in [4.69, 9.17) is 14.2 Å². The van der Waals surface area contributed by atoms with Gasteiger partial charge in [0.2, 0.25) is 0 Å². The fourth-order valence-electron chi connectivity index (χ4n) is 2.02. The highest BCUT2D eigenvalue weighted by atomic mass is 16.5. The summed E-state index contributed by atoms with van der Waals surface area (Å²) in [6, 6.07) is 11.8. The fraction of sp³-hybridized carbons (Fsp3) is 0.222. The van der Waals surface area contributed by atoms with Crippen LogP contribution >= 0.6 is 0 Å². The number of amides is 1. The van der Waals surface area contributed by atoms with Crippen LogP contribution in [0.3, 0.4) is 0 Å². The van der Waals surface area contributed by atoms with Crippen molar-refractivity contribution in [3.8, 4) is 17.2 Å². The quantitative estimate of drug-likeness (QED) is 0.791. The molecule has 0 spiro atoms. The number of benzene rings is 2. The largest absolute Gasteiger partial charge is 0.497 e. The van der Waals surface area contributed by atoms with Gasteiger partial charge in [-0.2, -0.15) is 0 Å². The molecule has 0 saturated heterocycles. The molecule has 24 heavy (non-hydrogen) atoms. The van der Waals surface area contributed by atoms with Gasteiger partial charge in [0.1, 0.15) is 5.75 Å². The highest BCUT2D eigenvalue weighted by molar-refractivity contribution is 5.95. The summed E-state index contributed by atoms with van der Waals surface area (Å²) in [6.45, 7) is 1.29. The molecule has 0 atom stereocenters. The van der Waals surface area contributed by atoms with Crippen LogP contribution in [0.5, 0.6) is 17.2 Å². The van der Waals surface area contributed by atoms with Gasteiger partial charge in [0.15, 0.2) is 23.9 Å². The molecule has 2 aromatic rings. The van der Waals surface area contributed by atoms with E-state index >= 15 is 0 Å². The Labute approximate surface area is 140 Å². The van der Waals surface area contributed by atoms with Gasteiger partial charge in [-0.05, 0) is 49.4 Å². The van der Waals surface area contributed by atoms with Crippen LogP contribution in [0.4, 0.5) is 5.69 Å². The second-order valence-corrected chi connectivity index (χ2v) is 4.99. The first-order valence-corrected chi connectivity index (χ1v) is 7.29. The standard InChI is InChI=1S/C18H19NO5/c1-12(20)13-4-9-16(17(10-13)23-3)24-11-18(21)19-14-5-7-15(22-2)8-6-14/h4-10H,11H2,1-3H3,(H,19,21). The maximum absolute atomic E-state index is 12.0. The molecule has 0 aliphatic rings. The summed E-state index contributed by atoms with van der Waals surface area (Å²) in [7, 11) is 3.05. The van der Waals surface area contributed by atoms with E-state index in [2.05, 4.69) is 5.32 Å². The smallest absolute Gasteiger partial charge is 0.262 e. The molecule has 2 rings (SSSR count). The van der Waals surface area contributed by atoms with Crippen molar-refractivity contribution in [2.24, 2.45) is 0 Å². The summed E-state index contributed by atoms with van der Waals surface area (Å²) in [4.78, 5) is 23.3. The first-order valence-electron chi connectivity index (χ1n) is 7.29. The number of hydrogen-bond acceptors (Lipinski definition) is 5. The fourth-order valence-corrected chi connectivity index (χ4v) is 2.02. The molecule has 0 bridgehead atoms. The molecule has 0 radical (unpaired) electrons.